The van der Waals surface area contributed by atoms with E-state index in [9.17, 15) is 0 Å². The molecule has 1 heterocycles. The molecule has 1 N–H and O–H groups in total. The molecule has 0 atom stereocenters. The SMILES string of the molecule is S=c1[nH]nc(-c2ccccc2Br)n1/N=C\C=C\c1ccccc1. The van der Waals surface area contributed by atoms with Crippen LogP contribution in [0, 0.1) is 4.77 Å². The maximum atomic E-state index is 5.25. The van der Waals surface area contributed by atoms with Crippen molar-refractivity contribution in [2.24, 2.45) is 5.10 Å². The van der Waals surface area contributed by atoms with E-state index in [2.05, 4.69) is 31.2 Å². The number of hydrogen-bond donors (Lipinski definition) is 1. The summed E-state index contributed by atoms with van der Waals surface area (Å²) in [5, 5.41) is 11.4. The van der Waals surface area contributed by atoms with E-state index in [0.29, 0.717) is 10.6 Å². The highest BCUT2D eigenvalue weighted by Crippen LogP contribution is 2.26. The zero-order chi connectivity index (χ0) is 16.1. The van der Waals surface area contributed by atoms with Gasteiger partial charge < -0.3 is 0 Å². The third-order valence-electron chi connectivity index (χ3n) is 3.12. The van der Waals surface area contributed by atoms with Crippen molar-refractivity contribution in [3.05, 3.63) is 75.5 Å². The van der Waals surface area contributed by atoms with Gasteiger partial charge >= 0.3 is 0 Å². The van der Waals surface area contributed by atoms with Crippen molar-refractivity contribution in [3.8, 4) is 11.4 Å². The van der Waals surface area contributed by atoms with Crippen LogP contribution in [0.25, 0.3) is 17.5 Å². The quantitative estimate of drug-likeness (QED) is 0.512. The van der Waals surface area contributed by atoms with Gasteiger partial charge in [-0.25, -0.2) is 5.10 Å². The summed E-state index contributed by atoms with van der Waals surface area (Å²) in [6.45, 7) is 0. The zero-order valence-corrected chi connectivity index (χ0v) is 14.5. The van der Waals surface area contributed by atoms with E-state index in [-0.39, 0.29) is 0 Å². The van der Waals surface area contributed by atoms with Gasteiger partial charge in [-0.1, -0.05) is 64.5 Å². The third kappa shape index (κ3) is 3.72. The summed E-state index contributed by atoms with van der Waals surface area (Å²) < 4.78 is 2.98. The average Bonchev–Trinajstić information content (AvgIpc) is 2.94. The predicted octanol–water partition coefficient (Wildman–Crippen LogP) is 4.92. The summed E-state index contributed by atoms with van der Waals surface area (Å²) in [6.07, 6.45) is 5.54. The van der Waals surface area contributed by atoms with Crippen LogP contribution in [0.1, 0.15) is 5.56 Å². The van der Waals surface area contributed by atoms with Crippen LogP contribution >= 0.6 is 28.1 Å². The van der Waals surface area contributed by atoms with Crippen LogP contribution in [0.3, 0.4) is 0 Å². The topological polar surface area (TPSA) is 46.0 Å². The standard InChI is InChI=1S/C17H13BrN4S/c18-15-11-5-4-10-14(15)16-20-21-17(23)22(16)19-12-6-9-13-7-2-1-3-8-13/h1-12H,(H,21,23)/b9-6+,19-12-. The van der Waals surface area contributed by atoms with Gasteiger partial charge in [-0.3, -0.25) is 0 Å². The predicted molar refractivity (Wildman–Crippen MR) is 99.9 cm³/mol. The van der Waals surface area contributed by atoms with Crippen LogP contribution in [-0.4, -0.2) is 21.1 Å². The molecule has 0 aliphatic heterocycles. The summed E-state index contributed by atoms with van der Waals surface area (Å²) in [5.41, 5.74) is 2.03. The van der Waals surface area contributed by atoms with Gasteiger partial charge in [-0.15, -0.1) is 0 Å². The molecule has 0 saturated carbocycles. The molecule has 0 unspecified atom stereocenters. The lowest BCUT2D eigenvalue weighted by Crippen LogP contribution is -1.94. The van der Waals surface area contributed by atoms with Crippen molar-refractivity contribution < 1.29 is 0 Å². The number of rotatable bonds is 4. The Morgan fingerprint density at radius 1 is 1.09 bits per heavy atom. The fourth-order valence-electron chi connectivity index (χ4n) is 2.04. The number of aromatic amines is 1. The Bertz CT molecular complexity index is 910. The summed E-state index contributed by atoms with van der Waals surface area (Å²) in [4.78, 5) is 0. The van der Waals surface area contributed by atoms with Crippen molar-refractivity contribution in [1.29, 1.82) is 0 Å². The molecule has 4 nitrogen and oxygen atoms in total. The second kappa shape index (κ2) is 7.30. The Hall–Kier alpha value is -2.31. The first-order valence-corrected chi connectivity index (χ1v) is 8.14. The summed E-state index contributed by atoms with van der Waals surface area (Å²) in [5.74, 6) is 0.659. The molecule has 0 amide bonds. The number of benzene rings is 2. The molecule has 0 fully saturated rings. The van der Waals surface area contributed by atoms with Crippen molar-refractivity contribution in [1.82, 2.24) is 14.9 Å². The second-order valence-electron chi connectivity index (χ2n) is 4.68. The Balaban J connectivity index is 1.88. The highest BCUT2D eigenvalue weighted by Gasteiger charge is 2.10. The first-order chi connectivity index (χ1) is 11.3. The highest BCUT2D eigenvalue weighted by molar-refractivity contribution is 9.10. The van der Waals surface area contributed by atoms with Crippen molar-refractivity contribution in [2.75, 3.05) is 0 Å². The van der Waals surface area contributed by atoms with Crippen LogP contribution < -0.4 is 0 Å². The minimum Gasteiger partial charge on any atom is -0.250 e. The Morgan fingerprint density at radius 3 is 2.61 bits per heavy atom. The number of nitrogens with zero attached hydrogens (tertiary/aromatic N) is 3. The Labute approximate surface area is 147 Å². The second-order valence-corrected chi connectivity index (χ2v) is 5.92. The van der Waals surface area contributed by atoms with E-state index in [4.69, 9.17) is 12.2 Å². The molecule has 0 aliphatic rings. The van der Waals surface area contributed by atoms with Crippen LogP contribution in [-0.2, 0) is 0 Å². The number of hydrogen-bond acceptors (Lipinski definition) is 3. The fraction of sp³-hybridized carbons (Fsp3) is 0. The molecule has 3 rings (SSSR count). The molecule has 6 heteroatoms. The molecule has 0 bridgehead atoms. The van der Waals surface area contributed by atoms with Crippen molar-refractivity contribution in [2.45, 2.75) is 0 Å². The number of allylic oxidation sites excluding steroid dienone is 1. The lowest BCUT2D eigenvalue weighted by atomic mass is 10.2. The number of nitrogens with one attached hydrogen (secondary N) is 1. The normalized spacial score (nSPS) is 11.5. The van der Waals surface area contributed by atoms with Gasteiger partial charge in [0.1, 0.15) is 0 Å². The van der Waals surface area contributed by atoms with Crippen molar-refractivity contribution in [3.63, 3.8) is 0 Å². The van der Waals surface area contributed by atoms with Crippen molar-refractivity contribution >= 4 is 40.4 Å². The van der Waals surface area contributed by atoms with Gasteiger partial charge in [-0.05, 0) is 36.0 Å². The van der Waals surface area contributed by atoms with Gasteiger partial charge in [0, 0.05) is 16.3 Å². The Kier molecular flexibility index (Phi) is 4.95. The van der Waals surface area contributed by atoms with E-state index < -0.39 is 0 Å². The molecule has 114 valence electrons. The van der Waals surface area contributed by atoms with Gasteiger partial charge in [0.15, 0.2) is 5.82 Å². The maximum Gasteiger partial charge on any atom is 0.216 e. The van der Waals surface area contributed by atoms with E-state index in [0.717, 1.165) is 15.6 Å². The van der Waals surface area contributed by atoms with E-state index in [1.54, 1.807) is 10.9 Å². The molecule has 2 aromatic carbocycles. The molecule has 0 radical (unpaired) electrons. The minimum absolute atomic E-state index is 0.445. The van der Waals surface area contributed by atoms with Crippen LogP contribution in [0.5, 0.6) is 0 Å². The van der Waals surface area contributed by atoms with Crippen LogP contribution in [0.15, 0.2) is 70.2 Å². The number of halogens is 1. The fourth-order valence-corrected chi connectivity index (χ4v) is 2.68. The monoisotopic (exact) mass is 384 g/mol. The van der Waals surface area contributed by atoms with E-state index in [1.807, 2.05) is 66.7 Å². The van der Waals surface area contributed by atoms with Crippen LogP contribution in [0.4, 0.5) is 0 Å². The lowest BCUT2D eigenvalue weighted by Gasteiger charge is -2.02. The molecule has 0 aliphatic carbocycles. The largest absolute Gasteiger partial charge is 0.250 e. The Morgan fingerprint density at radius 2 is 1.83 bits per heavy atom. The van der Waals surface area contributed by atoms with Gasteiger partial charge in [0.2, 0.25) is 4.77 Å². The van der Waals surface area contributed by atoms with Gasteiger partial charge in [0.05, 0.1) is 0 Å². The number of aromatic nitrogens is 3. The zero-order valence-electron chi connectivity index (χ0n) is 12.1. The lowest BCUT2D eigenvalue weighted by molar-refractivity contribution is 0.872. The van der Waals surface area contributed by atoms with Crippen LogP contribution in [0.2, 0.25) is 0 Å². The third-order valence-corrected chi connectivity index (χ3v) is 4.08. The molecule has 23 heavy (non-hydrogen) atoms. The van der Waals surface area contributed by atoms with Gasteiger partial charge in [-0.2, -0.15) is 14.9 Å². The number of H-pyrrole nitrogens is 1. The average molecular weight is 385 g/mol. The summed E-state index contributed by atoms with van der Waals surface area (Å²) in [6, 6.07) is 17.8. The van der Waals surface area contributed by atoms with E-state index in [1.165, 1.54) is 0 Å². The molecular formula is C17H13BrN4S. The first-order valence-electron chi connectivity index (χ1n) is 6.94. The maximum absolute atomic E-state index is 5.25. The molecule has 0 saturated heterocycles. The van der Waals surface area contributed by atoms with E-state index >= 15 is 0 Å². The molecule has 3 aromatic rings. The molecular weight excluding hydrogens is 372 g/mol. The smallest absolute Gasteiger partial charge is 0.216 e. The summed E-state index contributed by atoms with van der Waals surface area (Å²) >= 11 is 8.77. The highest BCUT2D eigenvalue weighted by atomic mass is 79.9. The van der Waals surface area contributed by atoms with Gasteiger partial charge in [0.25, 0.3) is 0 Å². The molecule has 1 aromatic heterocycles. The molecule has 0 spiro atoms. The first kappa shape index (κ1) is 15.6. The minimum atomic E-state index is 0.445. The summed E-state index contributed by atoms with van der Waals surface area (Å²) in [7, 11) is 0.